The molecule has 9 nitrogen and oxygen atoms in total. The van der Waals surface area contributed by atoms with Crippen LogP contribution in [0.15, 0.2) is 12.4 Å². The minimum Gasteiger partial charge on any atom is -0.480 e. The van der Waals surface area contributed by atoms with Crippen LogP contribution in [0, 0.1) is 6.92 Å². The molecule has 0 unspecified atom stereocenters. The Bertz CT molecular complexity index is 802. The van der Waals surface area contributed by atoms with Crippen LogP contribution in [0.4, 0.5) is 0 Å². The maximum atomic E-state index is 12.4. The fraction of sp³-hybridized carbons (Fsp3) is 0.500. The summed E-state index contributed by atoms with van der Waals surface area (Å²) in [6, 6.07) is -0.147. The Balaban J connectivity index is 1.52. The Morgan fingerprint density at radius 1 is 1.50 bits per heavy atom. The number of aromatic amines is 1. The molecule has 26 heavy (non-hydrogen) atoms. The molecule has 0 spiro atoms. The highest BCUT2D eigenvalue weighted by Crippen LogP contribution is 2.18. The van der Waals surface area contributed by atoms with E-state index in [1.165, 1.54) is 0 Å². The van der Waals surface area contributed by atoms with Crippen molar-refractivity contribution in [3.8, 4) is 5.75 Å². The SMILES string of the molecule is Cc1[nH]nc(C(=O)N[C@H]2CCCN(C(=O)COc3cnn(C)c3)C2)c1Cl. The lowest BCUT2D eigenvalue weighted by Gasteiger charge is -2.33. The van der Waals surface area contributed by atoms with Gasteiger partial charge in [-0.1, -0.05) is 11.6 Å². The molecule has 1 atom stereocenters. The third kappa shape index (κ3) is 4.16. The van der Waals surface area contributed by atoms with Crippen LogP contribution in [0.3, 0.4) is 0 Å². The van der Waals surface area contributed by atoms with Gasteiger partial charge < -0.3 is 15.0 Å². The van der Waals surface area contributed by atoms with Crippen LogP contribution in [-0.4, -0.2) is 62.4 Å². The number of aromatic nitrogens is 4. The first-order chi connectivity index (χ1) is 12.4. The number of hydrogen-bond donors (Lipinski definition) is 2. The summed E-state index contributed by atoms with van der Waals surface area (Å²) in [5.41, 5.74) is 0.817. The van der Waals surface area contributed by atoms with Crippen molar-refractivity contribution in [2.24, 2.45) is 7.05 Å². The highest BCUT2D eigenvalue weighted by molar-refractivity contribution is 6.34. The van der Waals surface area contributed by atoms with E-state index in [1.54, 1.807) is 35.9 Å². The molecule has 1 aliphatic heterocycles. The third-order valence-corrected chi connectivity index (χ3v) is 4.70. The Labute approximate surface area is 155 Å². The zero-order valence-corrected chi connectivity index (χ0v) is 15.4. The van der Waals surface area contributed by atoms with Crippen molar-refractivity contribution in [3.63, 3.8) is 0 Å². The summed E-state index contributed by atoms with van der Waals surface area (Å²) in [6.07, 6.45) is 4.85. The summed E-state index contributed by atoms with van der Waals surface area (Å²) in [5.74, 6) is 0.0814. The maximum Gasteiger partial charge on any atom is 0.273 e. The van der Waals surface area contributed by atoms with Gasteiger partial charge in [0, 0.05) is 26.2 Å². The van der Waals surface area contributed by atoms with E-state index in [4.69, 9.17) is 16.3 Å². The Hall–Kier alpha value is -2.55. The molecule has 3 rings (SSSR count). The topological polar surface area (TPSA) is 105 Å². The molecule has 1 aliphatic rings. The number of aryl methyl sites for hydroxylation is 2. The summed E-state index contributed by atoms with van der Waals surface area (Å²) in [6.45, 7) is 2.76. The van der Waals surface area contributed by atoms with Gasteiger partial charge in [0.15, 0.2) is 18.1 Å². The molecule has 1 fully saturated rings. The van der Waals surface area contributed by atoms with Crippen LogP contribution in [-0.2, 0) is 11.8 Å². The van der Waals surface area contributed by atoms with Crippen LogP contribution in [0.25, 0.3) is 0 Å². The number of carbonyl (C=O) groups excluding carboxylic acids is 2. The summed E-state index contributed by atoms with van der Waals surface area (Å²) in [7, 11) is 1.78. The van der Waals surface area contributed by atoms with Crippen molar-refractivity contribution >= 4 is 23.4 Å². The van der Waals surface area contributed by atoms with Gasteiger partial charge in [0.05, 0.1) is 23.1 Å². The second-order valence-electron chi connectivity index (χ2n) is 6.30. The van der Waals surface area contributed by atoms with Crippen LogP contribution in [0.1, 0.15) is 29.0 Å². The molecule has 3 heterocycles. The van der Waals surface area contributed by atoms with Gasteiger partial charge in [0.2, 0.25) is 0 Å². The number of ether oxygens (including phenoxy) is 1. The largest absolute Gasteiger partial charge is 0.480 e. The molecule has 140 valence electrons. The van der Waals surface area contributed by atoms with E-state index in [0.717, 1.165) is 12.8 Å². The second-order valence-corrected chi connectivity index (χ2v) is 6.68. The number of amides is 2. The zero-order valence-electron chi connectivity index (χ0n) is 14.7. The van der Waals surface area contributed by atoms with Crippen LogP contribution in [0.5, 0.6) is 5.75 Å². The van der Waals surface area contributed by atoms with Crippen LogP contribution < -0.4 is 10.1 Å². The molecular formula is C16H21ClN6O3. The average Bonchev–Trinajstić information content (AvgIpc) is 3.19. The molecule has 2 aromatic heterocycles. The fourth-order valence-corrected chi connectivity index (χ4v) is 3.02. The zero-order chi connectivity index (χ0) is 18.7. The van der Waals surface area contributed by atoms with Gasteiger partial charge in [-0.25, -0.2) is 0 Å². The highest BCUT2D eigenvalue weighted by atomic mass is 35.5. The summed E-state index contributed by atoms with van der Waals surface area (Å²) >= 11 is 6.06. The summed E-state index contributed by atoms with van der Waals surface area (Å²) in [5, 5.41) is 13.8. The Morgan fingerprint density at radius 3 is 2.96 bits per heavy atom. The minimum absolute atomic E-state index is 0.0588. The van der Waals surface area contributed by atoms with E-state index in [2.05, 4.69) is 20.6 Å². The van der Waals surface area contributed by atoms with E-state index >= 15 is 0 Å². The Morgan fingerprint density at radius 2 is 2.31 bits per heavy atom. The molecule has 1 saturated heterocycles. The average molecular weight is 381 g/mol. The van der Waals surface area contributed by atoms with E-state index in [-0.39, 0.29) is 30.2 Å². The van der Waals surface area contributed by atoms with E-state index < -0.39 is 0 Å². The van der Waals surface area contributed by atoms with Gasteiger partial charge >= 0.3 is 0 Å². The fourth-order valence-electron chi connectivity index (χ4n) is 2.85. The van der Waals surface area contributed by atoms with E-state index in [0.29, 0.717) is 29.6 Å². The molecule has 0 aromatic carbocycles. The number of H-pyrrole nitrogens is 1. The normalized spacial score (nSPS) is 17.2. The van der Waals surface area contributed by atoms with Gasteiger partial charge in [-0.15, -0.1) is 0 Å². The number of nitrogens with one attached hydrogen (secondary N) is 2. The number of rotatable bonds is 5. The monoisotopic (exact) mass is 380 g/mol. The van der Waals surface area contributed by atoms with Gasteiger partial charge in [-0.2, -0.15) is 10.2 Å². The Kier molecular flexibility index (Phi) is 5.46. The first-order valence-electron chi connectivity index (χ1n) is 8.34. The summed E-state index contributed by atoms with van der Waals surface area (Å²) < 4.78 is 7.06. The molecule has 10 heteroatoms. The highest BCUT2D eigenvalue weighted by Gasteiger charge is 2.27. The van der Waals surface area contributed by atoms with E-state index in [1.807, 2.05) is 0 Å². The van der Waals surface area contributed by atoms with Crippen molar-refractivity contribution in [3.05, 3.63) is 28.8 Å². The quantitative estimate of drug-likeness (QED) is 0.802. The summed E-state index contributed by atoms with van der Waals surface area (Å²) in [4.78, 5) is 26.4. The van der Waals surface area contributed by atoms with Crippen molar-refractivity contribution in [2.45, 2.75) is 25.8 Å². The van der Waals surface area contributed by atoms with Gasteiger partial charge in [-0.3, -0.25) is 19.4 Å². The van der Waals surface area contributed by atoms with Gasteiger partial charge in [-0.05, 0) is 19.8 Å². The predicted molar refractivity (Wildman–Crippen MR) is 94.1 cm³/mol. The molecule has 2 aromatic rings. The lowest BCUT2D eigenvalue weighted by Crippen LogP contribution is -2.50. The standard InChI is InChI=1S/C16H21ClN6O3/c1-10-14(17)15(21-20-10)16(25)19-11-4-3-5-23(7-11)13(24)9-26-12-6-18-22(2)8-12/h6,8,11H,3-5,7,9H2,1-2H3,(H,19,25)(H,20,21)/t11-/m0/s1. The minimum atomic E-state index is -0.342. The first-order valence-corrected chi connectivity index (χ1v) is 8.72. The molecule has 0 aliphatic carbocycles. The smallest absolute Gasteiger partial charge is 0.273 e. The van der Waals surface area contributed by atoms with Crippen molar-refractivity contribution in [1.29, 1.82) is 0 Å². The second kappa shape index (κ2) is 7.77. The lowest BCUT2D eigenvalue weighted by molar-refractivity contribution is -0.134. The number of nitrogens with zero attached hydrogens (tertiary/aromatic N) is 4. The number of likely N-dealkylation sites (tertiary alicyclic amines) is 1. The molecule has 2 N–H and O–H groups in total. The number of halogens is 1. The van der Waals surface area contributed by atoms with Gasteiger partial charge in [0.25, 0.3) is 11.8 Å². The van der Waals surface area contributed by atoms with Gasteiger partial charge in [0.1, 0.15) is 0 Å². The van der Waals surface area contributed by atoms with Crippen molar-refractivity contribution in [1.82, 2.24) is 30.2 Å². The van der Waals surface area contributed by atoms with E-state index in [9.17, 15) is 9.59 Å². The first kappa shape index (κ1) is 18.2. The third-order valence-electron chi connectivity index (χ3n) is 4.24. The maximum absolute atomic E-state index is 12.4. The number of piperidine rings is 1. The molecular weight excluding hydrogens is 360 g/mol. The predicted octanol–water partition coefficient (Wildman–Crippen LogP) is 0.905. The molecule has 0 radical (unpaired) electrons. The van der Waals surface area contributed by atoms with Crippen molar-refractivity contribution < 1.29 is 14.3 Å². The number of carbonyl (C=O) groups is 2. The number of hydrogen-bond acceptors (Lipinski definition) is 5. The lowest BCUT2D eigenvalue weighted by atomic mass is 10.1. The van der Waals surface area contributed by atoms with Crippen LogP contribution >= 0.6 is 11.6 Å². The molecule has 0 bridgehead atoms. The van der Waals surface area contributed by atoms with Crippen LogP contribution in [0.2, 0.25) is 5.02 Å². The molecule has 0 saturated carbocycles. The van der Waals surface area contributed by atoms with Crippen molar-refractivity contribution in [2.75, 3.05) is 19.7 Å². The molecule has 2 amide bonds.